The van der Waals surface area contributed by atoms with E-state index in [2.05, 4.69) is 20.9 Å². The Morgan fingerprint density at radius 3 is 2.88 bits per heavy atom. The number of thioether (sulfide) groups is 1. The molecule has 2 aliphatic heterocycles. The predicted octanol–water partition coefficient (Wildman–Crippen LogP) is 2.64. The van der Waals surface area contributed by atoms with Gasteiger partial charge in [0.05, 0.1) is 24.7 Å². The van der Waals surface area contributed by atoms with Crippen molar-refractivity contribution in [2.75, 3.05) is 13.1 Å². The zero-order chi connectivity index (χ0) is 17.8. The Labute approximate surface area is 160 Å². The number of fused-ring (bicyclic) bond motifs is 3. The molecule has 1 saturated heterocycles. The molecule has 2 heterocycles. The van der Waals surface area contributed by atoms with Gasteiger partial charge in [0, 0.05) is 23.3 Å². The van der Waals surface area contributed by atoms with Gasteiger partial charge >= 0.3 is 6.03 Å². The molecular weight excluding hydrogens is 348 g/mol. The quantitative estimate of drug-likeness (QED) is 0.701. The van der Waals surface area contributed by atoms with E-state index in [1.54, 1.807) is 0 Å². The Kier molecular flexibility index (Phi) is 6.38. The van der Waals surface area contributed by atoms with Gasteiger partial charge < -0.3 is 15.4 Å². The number of nitrogens with zero attached hydrogens (tertiary/aromatic N) is 1. The summed E-state index contributed by atoms with van der Waals surface area (Å²) in [6, 6.07) is 0.782. The molecule has 7 heteroatoms. The minimum Gasteiger partial charge on any atom is -0.358 e. The van der Waals surface area contributed by atoms with Crippen LogP contribution in [-0.2, 0) is 4.74 Å². The van der Waals surface area contributed by atoms with Crippen molar-refractivity contribution in [3.63, 3.8) is 0 Å². The average Bonchev–Trinajstić information content (AvgIpc) is 3.02. The van der Waals surface area contributed by atoms with Crippen LogP contribution in [0, 0.1) is 5.92 Å². The van der Waals surface area contributed by atoms with Gasteiger partial charge in [-0.15, -0.1) is 11.8 Å². The number of nitrogens with one attached hydrogen (secondary N) is 3. The topological polar surface area (TPSA) is 74.8 Å². The average molecular weight is 381 g/mol. The number of hydrogen-bond donors (Lipinski definition) is 3. The highest BCUT2D eigenvalue weighted by atomic mass is 32.2. The predicted molar refractivity (Wildman–Crippen MR) is 106 cm³/mol. The number of rotatable bonds is 4. The zero-order valence-corrected chi connectivity index (χ0v) is 16.3. The number of carbonyl (C=O) groups excluding carboxylic acids is 1. The number of hydrogen-bond acceptors (Lipinski definition) is 5. The lowest BCUT2D eigenvalue weighted by Gasteiger charge is -2.30. The molecule has 5 unspecified atom stereocenters. The van der Waals surface area contributed by atoms with Crippen LogP contribution in [0.15, 0.2) is 4.99 Å². The van der Waals surface area contributed by atoms with Crippen LogP contribution in [0.4, 0.5) is 4.79 Å². The molecule has 0 spiro atoms. The molecule has 3 N–H and O–H groups in total. The third-order valence-corrected chi connectivity index (χ3v) is 7.42. The Balaban J connectivity index is 1.28. The molecule has 6 nitrogen and oxygen atoms in total. The molecular formula is C19H32N4O2S. The molecule has 26 heavy (non-hydrogen) atoms. The molecule has 2 aliphatic carbocycles. The van der Waals surface area contributed by atoms with E-state index >= 15 is 0 Å². The fraction of sp³-hybridized carbons (Fsp3) is 0.895. The molecule has 0 aromatic rings. The second-order valence-corrected chi connectivity index (χ2v) is 9.28. The van der Waals surface area contributed by atoms with Crippen LogP contribution in [-0.4, -0.2) is 54.3 Å². The van der Waals surface area contributed by atoms with Crippen molar-refractivity contribution in [1.29, 1.82) is 0 Å². The summed E-state index contributed by atoms with van der Waals surface area (Å²) in [6.07, 6.45) is 10.9. The van der Waals surface area contributed by atoms with Crippen molar-refractivity contribution in [3.05, 3.63) is 0 Å². The maximum atomic E-state index is 12.2. The maximum Gasteiger partial charge on any atom is 0.315 e. The Morgan fingerprint density at radius 1 is 1.19 bits per heavy atom. The van der Waals surface area contributed by atoms with Crippen molar-refractivity contribution in [2.24, 2.45) is 10.9 Å². The molecule has 4 rings (SSSR count). The fourth-order valence-electron chi connectivity index (χ4n) is 4.93. The number of ether oxygens (including phenoxy) is 1. The summed E-state index contributed by atoms with van der Waals surface area (Å²) in [5.74, 6) is 0.559. The first-order valence-electron chi connectivity index (χ1n) is 10.4. The molecule has 0 aromatic carbocycles. The van der Waals surface area contributed by atoms with Gasteiger partial charge in [0.25, 0.3) is 0 Å². The van der Waals surface area contributed by atoms with E-state index in [0.717, 1.165) is 32.2 Å². The second-order valence-electron chi connectivity index (χ2n) is 8.19. The molecule has 0 radical (unpaired) electrons. The summed E-state index contributed by atoms with van der Waals surface area (Å²) >= 11 is 1.87. The van der Waals surface area contributed by atoms with E-state index in [-0.39, 0.29) is 18.4 Å². The van der Waals surface area contributed by atoms with Crippen LogP contribution in [0.2, 0.25) is 0 Å². The van der Waals surface area contributed by atoms with E-state index in [1.807, 2.05) is 17.3 Å². The molecule has 4 aliphatic rings. The third kappa shape index (κ3) is 4.73. The minimum absolute atomic E-state index is 0.0481. The number of urea groups is 1. The highest BCUT2D eigenvalue weighted by molar-refractivity contribution is 8.12. The standard InChI is InChI=1S/C19H32N4O2S/c24-19(23-13-5-2-1-3-6-13)21-11-18-22-14-7-4-8-16(25-18)15(9-14)17-10-20-12-26-17/h12-18,22H,1-11H2,(H2,21,23,24). The van der Waals surface area contributed by atoms with E-state index in [9.17, 15) is 4.79 Å². The minimum atomic E-state index is -0.0836. The molecule has 146 valence electrons. The molecule has 2 bridgehead atoms. The highest BCUT2D eigenvalue weighted by Gasteiger charge is 2.40. The zero-order valence-electron chi connectivity index (χ0n) is 15.5. The maximum absolute atomic E-state index is 12.2. The van der Waals surface area contributed by atoms with Gasteiger partial charge in [-0.25, -0.2) is 4.79 Å². The van der Waals surface area contributed by atoms with E-state index in [1.165, 1.54) is 32.1 Å². The van der Waals surface area contributed by atoms with Crippen molar-refractivity contribution in [1.82, 2.24) is 16.0 Å². The lowest BCUT2D eigenvalue weighted by Crippen LogP contribution is -2.50. The number of amides is 2. The van der Waals surface area contributed by atoms with Crippen LogP contribution < -0.4 is 16.0 Å². The SMILES string of the molecule is O=C(NCC1NC2CCCC(O1)C(C1CN=CS1)C2)NC1CCCCC1. The summed E-state index contributed by atoms with van der Waals surface area (Å²) in [4.78, 5) is 16.6. The van der Waals surface area contributed by atoms with E-state index in [0.29, 0.717) is 29.8 Å². The van der Waals surface area contributed by atoms with Gasteiger partial charge in [-0.1, -0.05) is 19.3 Å². The molecule has 0 aromatic heterocycles. The first-order chi connectivity index (χ1) is 12.8. The van der Waals surface area contributed by atoms with Crippen LogP contribution in [0.1, 0.15) is 57.8 Å². The summed E-state index contributed by atoms with van der Waals surface area (Å²) < 4.78 is 6.43. The third-order valence-electron chi connectivity index (χ3n) is 6.30. The van der Waals surface area contributed by atoms with Crippen LogP contribution >= 0.6 is 11.8 Å². The molecule has 2 saturated carbocycles. The first kappa shape index (κ1) is 18.6. The number of aliphatic imine (C=N–C) groups is 1. The van der Waals surface area contributed by atoms with Crippen molar-refractivity contribution >= 4 is 23.3 Å². The Morgan fingerprint density at radius 2 is 2.08 bits per heavy atom. The van der Waals surface area contributed by atoms with Gasteiger partial charge in [-0.3, -0.25) is 10.3 Å². The summed E-state index contributed by atoms with van der Waals surface area (Å²) in [7, 11) is 0. The molecule has 5 atom stereocenters. The van der Waals surface area contributed by atoms with Crippen molar-refractivity contribution in [2.45, 2.75) is 87.5 Å². The van der Waals surface area contributed by atoms with Crippen LogP contribution in [0.5, 0.6) is 0 Å². The monoisotopic (exact) mass is 380 g/mol. The molecule has 2 amide bonds. The van der Waals surface area contributed by atoms with Crippen molar-refractivity contribution in [3.8, 4) is 0 Å². The Hall–Kier alpha value is -0.790. The summed E-state index contributed by atoms with van der Waals surface area (Å²) in [6.45, 7) is 1.46. The van der Waals surface area contributed by atoms with Gasteiger partial charge in [0.15, 0.2) is 0 Å². The van der Waals surface area contributed by atoms with Crippen LogP contribution in [0.3, 0.4) is 0 Å². The summed E-state index contributed by atoms with van der Waals surface area (Å²) in [5, 5.41) is 10.4. The second kappa shape index (κ2) is 8.93. The van der Waals surface area contributed by atoms with Crippen LogP contribution in [0.25, 0.3) is 0 Å². The lowest BCUT2D eigenvalue weighted by atomic mass is 9.92. The highest BCUT2D eigenvalue weighted by Crippen LogP contribution is 2.37. The number of carbonyl (C=O) groups is 1. The Bertz CT molecular complexity index is 504. The molecule has 3 fully saturated rings. The van der Waals surface area contributed by atoms with Gasteiger partial charge in [0.1, 0.15) is 6.23 Å². The normalized spacial score (nSPS) is 37.9. The van der Waals surface area contributed by atoms with E-state index < -0.39 is 0 Å². The largest absolute Gasteiger partial charge is 0.358 e. The van der Waals surface area contributed by atoms with Crippen molar-refractivity contribution < 1.29 is 9.53 Å². The van der Waals surface area contributed by atoms with Gasteiger partial charge in [-0.05, 0) is 38.5 Å². The van der Waals surface area contributed by atoms with Gasteiger partial charge in [0.2, 0.25) is 0 Å². The summed E-state index contributed by atoms with van der Waals surface area (Å²) in [5.41, 5.74) is 2.00. The van der Waals surface area contributed by atoms with E-state index in [4.69, 9.17) is 4.74 Å². The van der Waals surface area contributed by atoms with Gasteiger partial charge in [-0.2, -0.15) is 0 Å². The smallest absolute Gasteiger partial charge is 0.315 e. The lowest BCUT2D eigenvalue weighted by molar-refractivity contribution is -0.0495. The first-order valence-corrected chi connectivity index (χ1v) is 11.3. The fourth-order valence-corrected chi connectivity index (χ4v) is 5.91.